The highest BCUT2D eigenvalue weighted by molar-refractivity contribution is 6.33. The molecule has 2 aromatic carbocycles. The maximum Gasteiger partial charge on any atom is 0.416 e. The van der Waals surface area contributed by atoms with Gasteiger partial charge in [-0.25, -0.2) is 0 Å². The van der Waals surface area contributed by atoms with E-state index in [1.807, 2.05) is 0 Å². The van der Waals surface area contributed by atoms with Crippen LogP contribution in [0.2, 0.25) is 5.02 Å². The van der Waals surface area contributed by atoms with Crippen LogP contribution in [0.1, 0.15) is 5.56 Å². The van der Waals surface area contributed by atoms with Crippen molar-refractivity contribution in [3.05, 3.63) is 59.1 Å². The Labute approximate surface area is 150 Å². The van der Waals surface area contributed by atoms with Crippen LogP contribution >= 0.6 is 11.6 Å². The normalized spacial score (nSPS) is 11.4. The summed E-state index contributed by atoms with van der Waals surface area (Å²) in [4.78, 5) is 13.0. The summed E-state index contributed by atoms with van der Waals surface area (Å²) in [5.41, 5.74) is -0.273. The lowest BCUT2D eigenvalue weighted by Crippen LogP contribution is -2.20. The Morgan fingerprint density at radius 2 is 1.92 bits per heavy atom. The van der Waals surface area contributed by atoms with Gasteiger partial charge in [0.2, 0.25) is 11.7 Å². The van der Waals surface area contributed by atoms with Gasteiger partial charge in [0, 0.05) is 11.3 Å². The highest BCUT2D eigenvalue weighted by Crippen LogP contribution is 2.30. The summed E-state index contributed by atoms with van der Waals surface area (Å²) in [6.45, 7) is -0.312. The molecular formula is C16H11ClF3N5O. The van der Waals surface area contributed by atoms with Crippen LogP contribution < -0.4 is 5.32 Å². The monoisotopic (exact) mass is 381 g/mol. The molecule has 6 nitrogen and oxygen atoms in total. The second-order valence-electron chi connectivity index (χ2n) is 5.25. The number of halogens is 4. The molecule has 3 aromatic rings. The third-order valence-corrected chi connectivity index (χ3v) is 3.66. The van der Waals surface area contributed by atoms with Gasteiger partial charge in [-0.15, -0.1) is 10.2 Å². The predicted molar refractivity (Wildman–Crippen MR) is 88.3 cm³/mol. The summed E-state index contributed by atoms with van der Waals surface area (Å²) in [6.07, 6.45) is -4.49. The number of benzene rings is 2. The largest absolute Gasteiger partial charge is 0.416 e. The molecule has 0 bridgehead atoms. The first-order valence-electron chi connectivity index (χ1n) is 7.33. The summed E-state index contributed by atoms with van der Waals surface area (Å²) >= 11 is 6.04. The Balaban J connectivity index is 1.69. The van der Waals surface area contributed by atoms with Gasteiger partial charge < -0.3 is 5.32 Å². The standard InChI is InChI=1S/C16H11ClF3N5O/c17-13-7-2-1-6-12(13)15-22-24-25(23-15)9-14(26)21-11-5-3-4-10(8-11)16(18,19)20/h1-8H,9H2,(H,21,26). The number of carbonyl (C=O) groups is 1. The second-order valence-corrected chi connectivity index (χ2v) is 5.66. The fourth-order valence-electron chi connectivity index (χ4n) is 2.16. The van der Waals surface area contributed by atoms with Gasteiger partial charge in [-0.2, -0.15) is 18.0 Å². The van der Waals surface area contributed by atoms with E-state index in [2.05, 4.69) is 20.7 Å². The minimum atomic E-state index is -4.49. The molecule has 3 rings (SSSR count). The molecule has 0 saturated heterocycles. The van der Waals surface area contributed by atoms with Crippen LogP contribution in [0.5, 0.6) is 0 Å². The quantitative estimate of drug-likeness (QED) is 0.748. The zero-order chi connectivity index (χ0) is 18.7. The lowest BCUT2D eigenvalue weighted by Gasteiger charge is -2.09. The molecule has 0 saturated carbocycles. The molecule has 0 fully saturated rings. The maximum atomic E-state index is 12.7. The maximum absolute atomic E-state index is 12.7. The summed E-state index contributed by atoms with van der Waals surface area (Å²) in [5, 5.41) is 14.4. The van der Waals surface area contributed by atoms with Gasteiger partial charge in [0.15, 0.2) is 0 Å². The van der Waals surface area contributed by atoms with Crippen molar-refractivity contribution in [3.63, 3.8) is 0 Å². The van der Waals surface area contributed by atoms with Crippen molar-refractivity contribution >= 4 is 23.2 Å². The molecule has 1 aromatic heterocycles. The minimum Gasteiger partial charge on any atom is -0.324 e. The molecule has 26 heavy (non-hydrogen) atoms. The third-order valence-electron chi connectivity index (χ3n) is 3.33. The van der Waals surface area contributed by atoms with Crippen LogP contribution in [0, 0.1) is 0 Å². The average Bonchev–Trinajstić information content (AvgIpc) is 3.02. The molecule has 0 spiro atoms. The zero-order valence-electron chi connectivity index (χ0n) is 13.0. The number of aromatic nitrogens is 4. The van der Waals surface area contributed by atoms with E-state index >= 15 is 0 Å². The Morgan fingerprint density at radius 3 is 2.65 bits per heavy atom. The van der Waals surface area contributed by atoms with Crippen molar-refractivity contribution in [1.82, 2.24) is 20.2 Å². The van der Waals surface area contributed by atoms with Crippen molar-refractivity contribution in [2.75, 3.05) is 5.32 Å². The van der Waals surface area contributed by atoms with E-state index in [1.54, 1.807) is 24.3 Å². The number of carbonyl (C=O) groups excluding carboxylic acids is 1. The van der Waals surface area contributed by atoms with Crippen LogP contribution in [0.3, 0.4) is 0 Å². The smallest absolute Gasteiger partial charge is 0.324 e. The van der Waals surface area contributed by atoms with Gasteiger partial charge >= 0.3 is 6.18 Å². The molecule has 0 unspecified atom stereocenters. The molecule has 0 aliphatic rings. The number of nitrogens with zero attached hydrogens (tertiary/aromatic N) is 4. The third kappa shape index (κ3) is 4.17. The summed E-state index contributed by atoms with van der Waals surface area (Å²) in [6, 6.07) is 11.2. The van der Waals surface area contributed by atoms with Crippen molar-refractivity contribution in [2.45, 2.75) is 12.7 Å². The van der Waals surface area contributed by atoms with Crippen LogP contribution in [-0.2, 0) is 17.5 Å². The van der Waals surface area contributed by atoms with Crippen LogP contribution in [0.25, 0.3) is 11.4 Å². The van der Waals surface area contributed by atoms with E-state index in [0.29, 0.717) is 10.6 Å². The topological polar surface area (TPSA) is 72.7 Å². The number of alkyl halides is 3. The molecular weight excluding hydrogens is 371 g/mol. The van der Waals surface area contributed by atoms with Gasteiger partial charge in [-0.05, 0) is 35.5 Å². The molecule has 1 N–H and O–H groups in total. The number of hydrogen-bond donors (Lipinski definition) is 1. The zero-order valence-corrected chi connectivity index (χ0v) is 13.8. The molecule has 0 aliphatic heterocycles. The molecule has 0 atom stereocenters. The number of tetrazole rings is 1. The van der Waals surface area contributed by atoms with Crippen molar-refractivity contribution in [3.8, 4) is 11.4 Å². The van der Waals surface area contributed by atoms with E-state index in [1.165, 1.54) is 12.1 Å². The van der Waals surface area contributed by atoms with Gasteiger partial charge in [0.25, 0.3) is 0 Å². The second kappa shape index (κ2) is 7.12. The molecule has 134 valence electrons. The van der Waals surface area contributed by atoms with E-state index in [4.69, 9.17) is 11.6 Å². The SMILES string of the molecule is O=C(Cn1nnc(-c2ccccc2Cl)n1)Nc1cccc(C(F)(F)F)c1. The Kier molecular flexibility index (Phi) is 4.90. The van der Waals surface area contributed by atoms with Crippen LogP contribution in [0.15, 0.2) is 48.5 Å². The first-order valence-corrected chi connectivity index (χ1v) is 7.70. The highest BCUT2D eigenvalue weighted by atomic mass is 35.5. The van der Waals surface area contributed by atoms with E-state index in [9.17, 15) is 18.0 Å². The molecule has 0 radical (unpaired) electrons. The van der Waals surface area contributed by atoms with Crippen molar-refractivity contribution in [1.29, 1.82) is 0 Å². The van der Waals surface area contributed by atoms with Gasteiger partial charge in [0.05, 0.1) is 10.6 Å². The molecule has 1 amide bonds. The average molecular weight is 382 g/mol. The Bertz CT molecular complexity index is 941. The molecule has 10 heteroatoms. The summed E-state index contributed by atoms with van der Waals surface area (Å²) < 4.78 is 38.1. The number of nitrogens with one attached hydrogen (secondary N) is 1. The van der Waals surface area contributed by atoms with Gasteiger partial charge in [-0.3, -0.25) is 4.79 Å². The van der Waals surface area contributed by atoms with E-state index < -0.39 is 17.6 Å². The number of rotatable bonds is 4. The highest BCUT2D eigenvalue weighted by Gasteiger charge is 2.30. The summed E-state index contributed by atoms with van der Waals surface area (Å²) in [7, 11) is 0. The number of hydrogen-bond acceptors (Lipinski definition) is 4. The lowest BCUT2D eigenvalue weighted by molar-refractivity contribution is -0.137. The minimum absolute atomic E-state index is 0.0243. The number of anilines is 1. The summed E-state index contributed by atoms with van der Waals surface area (Å²) in [5.74, 6) is -0.352. The van der Waals surface area contributed by atoms with Gasteiger partial charge in [0.1, 0.15) is 6.54 Å². The van der Waals surface area contributed by atoms with Crippen LogP contribution in [0.4, 0.5) is 18.9 Å². The van der Waals surface area contributed by atoms with Crippen LogP contribution in [-0.4, -0.2) is 26.1 Å². The predicted octanol–water partition coefficient (Wildman–Crippen LogP) is 3.65. The van der Waals surface area contributed by atoms with Crippen molar-refractivity contribution < 1.29 is 18.0 Å². The van der Waals surface area contributed by atoms with E-state index in [0.717, 1.165) is 16.9 Å². The number of amides is 1. The van der Waals surface area contributed by atoms with Gasteiger partial charge in [-0.1, -0.05) is 29.8 Å². The molecule has 1 heterocycles. The Hall–Kier alpha value is -2.94. The fraction of sp³-hybridized carbons (Fsp3) is 0.125. The first-order chi connectivity index (χ1) is 12.3. The van der Waals surface area contributed by atoms with Crippen molar-refractivity contribution in [2.24, 2.45) is 0 Å². The lowest BCUT2D eigenvalue weighted by atomic mass is 10.2. The van der Waals surface area contributed by atoms with E-state index in [-0.39, 0.29) is 18.1 Å². The fourth-order valence-corrected chi connectivity index (χ4v) is 2.38. The Morgan fingerprint density at radius 1 is 1.15 bits per heavy atom. The molecule has 0 aliphatic carbocycles. The first kappa shape index (κ1) is 17.9.